The van der Waals surface area contributed by atoms with Crippen molar-refractivity contribution >= 4 is 17.5 Å². The van der Waals surface area contributed by atoms with Gasteiger partial charge in [0.15, 0.2) is 0 Å². The lowest BCUT2D eigenvalue weighted by Crippen LogP contribution is -2.51. The minimum Gasteiger partial charge on any atom is -0.340 e. The molecule has 5 heteroatoms. The van der Waals surface area contributed by atoms with Crippen LogP contribution in [0, 0.1) is 13.8 Å². The third kappa shape index (κ3) is 5.48. The molecule has 0 saturated carbocycles. The van der Waals surface area contributed by atoms with Crippen molar-refractivity contribution in [3.63, 3.8) is 0 Å². The maximum atomic E-state index is 13.2. The van der Waals surface area contributed by atoms with Crippen LogP contribution in [-0.4, -0.2) is 54.3 Å². The largest absolute Gasteiger partial charge is 0.340 e. The number of carbonyl (C=O) groups excluding carboxylic acids is 2. The van der Waals surface area contributed by atoms with Gasteiger partial charge in [0.2, 0.25) is 11.8 Å². The molecule has 1 aliphatic heterocycles. The van der Waals surface area contributed by atoms with Gasteiger partial charge in [-0.3, -0.25) is 14.5 Å². The fourth-order valence-corrected chi connectivity index (χ4v) is 4.15. The molecule has 5 nitrogen and oxygen atoms in total. The molecule has 30 heavy (non-hydrogen) atoms. The number of hydrogen-bond donors (Lipinski definition) is 1. The van der Waals surface area contributed by atoms with Crippen molar-refractivity contribution in [1.82, 2.24) is 9.80 Å². The number of piperazine rings is 1. The number of rotatable bonds is 7. The highest BCUT2D eigenvalue weighted by Gasteiger charge is 2.28. The molecule has 0 radical (unpaired) electrons. The van der Waals surface area contributed by atoms with Crippen LogP contribution in [0.15, 0.2) is 48.5 Å². The molecule has 0 aliphatic carbocycles. The third-order valence-electron chi connectivity index (χ3n) is 5.87. The smallest absolute Gasteiger partial charge is 0.238 e. The van der Waals surface area contributed by atoms with Crippen molar-refractivity contribution in [2.45, 2.75) is 39.5 Å². The molecular weight excluding hydrogens is 374 g/mol. The highest BCUT2D eigenvalue weighted by Crippen LogP contribution is 2.24. The van der Waals surface area contributed by atoms with Crippen LogP contribution < -0.4 is 5.32 Å². The first kappa shape index (κ1) is 22.0. The van der Waals surface area contributed by atoms with E-state index >= 15 is 0 Å². The number of nitrogens with zero attached hydrogens (tertiary/aromatic N) is 2. The zero-order chi connectivity index (χ0) is 21.5. The van der Waals surface area contributed by atoms with E-state index in [1.165, 1.54) is 0 Å². The molecule has 1 heterocycles. The Morgan fingerprint density at radius 1 is 0.933 bits per heavy atom. The van der Waals surface area contributed by atoms with Crippen LogP contribution in [-0.2, 0) is 9.59 Å². The number of benzene rings is 2. The first-order valence-corrected chi connectivity index (χ1v) is 10.9. The summed E-state index contributed by atoms with van der Waals surface area (Å²) in [6.07, 6.45) is 1.84. The fraction of sp³-hybridized carbons (Fsp3) is 0.440. The summed E-state index contributed by atoms with van der Waals surface area (Å²) < 4.78 is 0. The normalized spacial score (nSPS) is 15.6. The molecule has 0 bridgehead atoms. The van der Waals surface area contributed by atoms with E-state index in [0.29, 0.717) is 19.6 Å². The molecule has 1 N–H and O–H groups in total. The van der Waals surface area contributed by atoms with E-state index in [0.717, 1.165) is 48.3 Å². The van der Waals surface area contributed by atoms with Gasteiger partial charge in [-0.1, -0.05) is 61.9 Å². The predicted octanol–water partition coefficient (Wildman–Crippen LogP) is 3.97. The number of anilines is 1. The Labute approximate surface area is 180 Å². The Hall–Kier alpha value is -2.66. The zero-order valence-corrected chi connectivity index (χ0v) is 18.4. The molecule has 1 fully saturated rings. The van der Waals surface area contributed by atoms with Crippen LogP contribution in [0.5, 0.6) is 0 Å². The zero-order valence-electron chi connectivity index (χ0n) is 18.4. The molecule has 1 saturated heterocycles. The van der Waals surface area contributed by atoms with Gasteiger partial charge in [-0.2, -0.15) is 0 Å². The average molecular weight is 408 g/mol. The number of carbonyl (C=O) groups is 2. The van der Waals surface area contributed by atoms with E-state index in [-0.39, 0.29) is 17.7 Å². The molecule has 1 atom stereocenters. The van der Waals surface area contributed by atoms with Crippen LogP contribution in [0.4, 0.5) is 5.69 Å². The average Bonchev–Trinajstić information content (AvgIpc) is 2.75. The standard InChI is InChI=1S/C25H33N3O2/c1-4-9-22(21-12-6-5-7-13-21)25(30)28-16-14-27(15-17-28)18-23(29)26-24-19(2)10-8-11-20(24)3/h5-8,10-13,22H,4,9,14-18H2,1-3H3,(H,26,29)/t22-/m0/s1. The van der Waals surface area contributed by atoms with Gasteiger partial charge in [0.05, 0.1) is 12.5 Å². The highest BCUT2D eigenvalue weighted by atomic mass is 16.2. The summed E-state index contributed by atoms with van der Waals surface area (Å²) in [4.78, 5) is 29.8. The number of aryl methyl sites for hydroxylation is 2. The quantitative estimate of drug-likeness (QED) is 0.756. The monoisotopic (exact) mass is 407 g/mol. The van der Waals surface area contributed by atoms with Crippen molar-refractivity contribution in [3.8, 4) is 0 Å². The lowest BCUT2D eigenvalue weighted by Gasteiger charge is -2.36. The maximum absolute atomic E-state index is 13.2. The van der Waals surface area contributed by atoms with E-state index in [2.05, 4.69) is 17.1 Å². The second kappa shape index (κ2) is 10.4. The Morgan fingerprint density at radius 2 is 1.57 bits per heavy atom. The first-order chi connectivity index (χ1) is 14.5. The second-order valence-corrected chi connectivity index (χ2v) is 8.17. The minimum atomic E-state index is -0.0740. The van der Waals surface area contributed by atoms with Gasteiger partial charge in [-0.05, 0) is 37.0 Å². The number of hydrogen-bond acceptors (Lipinski definition) is 3. The third-order valence-corrected chi connectivity index (χ3v) is 5.87. The molecule has 0 unspecified atom stereocenters. The van der Waals surface area contributed by atoms with E-state index in [1.807, 2.05) is 67.3 Å². The number of nitrogens with one attached hydrogen (secondary N) is 1. The van der Waals surface area contributed by atoms with Crippen molar-refractivity contribution < 1.29 is 9.59 Å². The molecule has 2 aromatic rings. The summed E-state index contributed by atoms with van der Waals surface area (Å²) in [6.45, 7) is 9.27. The molecule has 160 valence electrons. The van der Waals surface area contributed by atoms with Gasteiger partial charge < -0.3 is 10.2 Å². The van der Waals surface area contributed by atoms with E-state index in [1.54, 1.807) is 0 Å². The Bertz CT molecular complexity index is 838. The van der Waals surface area contributed by atoms with Gasteiger partial charge in [-0.15, -0.1) is 0 Å². The van der Waals surface area contributed by atoms with E-state index in [9.17, 15) is 9.59 Å². The Morgan fingerprint density at radius 3 is 2.17 bits per heavy atom. The van der Waals surface area contributed by atoms with E-state index in [4.69, 9.17) is 0 Å². The first-order valence-electron chi connectivity index (χ1n) is 10.9. The number of para-hydroxylation sites is 1. The van der Waals surface area contributed by atoms with Crippen molar-refractivity contribution in [3.05, 3.63) is 65.2 Å². The van der Waals surface area contributed by atoms with Crippen LogP contribution in [0.3, 0.4) is 0 Å². The molecule has 3 rings (SSSR count). The van der Waals surface area contributed by atoms with Gasteiger partial charge in [0, 0.05) is 31.9 Å². The summed E-state index contributed by atoms with van der Waals surface area (Å²) in [6, 6.07) is 16.1. The summed E-state index contributed by atoms with van der Waals surface area (Å²) >= 11 is 0. The molecule has 1 aliphatic rings. The minimum absolute atomic E-state index is 0.000298. The van der Waals surface area contributed by atoms with Crippen LogP contribution in [0.2, 0.25) is 0 Å². The topological polar surface area (TPSA) is 52.7 Å². The maximum Gasteiger partial charge on any atom is 0.238 e. The van der Waals surface area contributed by atoms with Gasteiger partial charge in [0.25, 0.3) is 0 Å². The lowest BCUT2D eigenvalue weighted by atomic mass is 9.93. The summed E-state index contributed by atoms with van der Waals surface area (Å²) in [7, 11) is 0. The van der Waals surface area contributed by atoms with Crippen LogP contribution in [0.25, 0.3) is 0 Å². The number of amides is 2. The summed E-state index contributed by atoms with van der Waals surface area (Å²) in [5.41, 5.74) is 4.14. The highest BCUT2D eigenvalue weighted by molar-refractivity contribution is 5.93. The summed E-state index contributed by atoms with van der Waals surface area (Å²) in [5, 5.41) is 3.06. The molecule has 0 aromatic heterocycles. The second-order valence-electron chi connectivity index (χ2n) is 8.17. The van der Waals surface area contributed by atoms with Crippen molar-refractivity contribution in [1.29, 1.82) is 0 Å². The predicted molar refractivity (Wildman–Crippen MR) is 122 cm³/mol. The van der Waals surface area contributed by atoms with Gasteiger partial charge in [-0.25, -0.2) is 0 Å². The van der Waals surface area contributed by atoms with Crippen molar-refractivity contribution in [2.75, 3.05) is 38.0 Å². The molecule has 2 amide bonds. The Balaban J connectivity index is 1.54. The SMILES string of the molecule is CCC[C@H](C(=O)N1CCN(CC(=O)Nc2c(C)cccc2C)CC1)c1ccccc1. The fourth-order valence-electron chi connectivity index (χ4n) is 4.15. The van der Waals surface area contributed by atoms with E-state index < -0.39 is 0 Å². The Kier molecular flexibility index (Phi) is 7.63. The van der Waals surface area contributed by atoms with Crippen LogP contribution in [0.1, 0.15) is 42.4 Å². The summed E-state index contributed by atoms with van der Waals surface area (Å²) in [5.74, 6) is 0.137. The molecule has 0 spiro atoms. The van der Waals surface area contributed by atoms with Crippen LogP contribution >= 0.6 is 0 Å². The lowest BCUT2D eigenvalue weighted by molar-refractivity contribution is -0.135. The van der Waals surface area contributed by atoms with Gasteiger partial charge >= 0.3 is 0 Å². The van der Waals surface area contributed by atoms with Gasteiger partial charge in [0.1, 0.15) is 0 Å². The molecule has 2 aromatic carbocycles. The van der Waals surface area contributed by atoms with Crippen molar-refractivity contribution in [2.24, 2.45) is 0 Å². The molecular formula is C25H33N3O2.